The number of hydrogen-bond acceptors (Lipinski definition) is 4. The molecule has 0 radical (unpaired) electrons. The van der Waals surface area contributed by atoms with E-state index in [2.05, 4.69) is 47.5 Å². The molecule has 7 heteroatoms. The van der Waals surface area contributed by atoms with Gasteiger partial charge < -0.3 is 9.80 Å². The van der Waals surface area contributed by atoms with Gasteiger partial charge in [-0.25, -0.2) is 4.39 Å². The van der Waals surface area contributed by atoms with Gasteiger partial charge in [-0.15, -0.1) is 11.3 Å². The second-order valence-electron chi connectivity index (χ2n) is 9.47. The molecule has 5 nitrogen and oxygen atoms in total. The Morgan fingerprint density at radius 2 is 1.77 bits per heavy atom. The van der Waals surface area contributed by atoms with Crippen molar-refractivity contribution in [1.29, 1.82) is 0 Å². The highest BCUT2D eigenvalue weighted by atomic mass is 32.1. The largest absolute Gasteiger partial charge is 0.338 e. The molecular formula is C28H30FN3O2S. The van der Waals surface area contributed by atoms with Crippen LogP contribution in [-0.4, -0.2) is 65.3 Å². The van der Waals surface area contributed by atoms with Crippen LogP contribution < -0.4 is 0 Å². The molecule has 0 unspecified atom stereocenters. The third-order valence-electron chi connectivity index (χ3n) is 7.22. The summed E-state index contributed by atoms with van der Waals surface area (Å²) in [5, 5.41) is 2.15. The van der Waals surface area contributed by atoms with E-state index in [1.54, 1.807) is 16.2 Å². The summed E-state index contributed by atoms with van der Waals surface area (Å²) < 4.78 is 13.3. The Morgan fingerprint density at radius 1 is 1.00 bits per heavy atom. The van der Waals surface area contributed by atoms with Crippen molar-refractivity contribution in [3.63, 3.8) is 0 Å². The molecule has 0 saturated carbocycles. The number of aryl methyl sites for hydroxylation is 1. The molecular weight excluding hydrogens is 461 g/mol. The van der Waals surface area contributed by atoms with E-state index in [9.17, 15) is 14.0 Å². The SMILES string of the molecule is Cc1ccccc1[C@H]1c2ccsc2CCN1CC(=O)N1CCN(C(=O)c2ccc(F)cc2)[C@H](C)C1. The highest BCUT2D eigenvalue weighted by Crippen LogP contribution is 2.38. The maximum absolute atomic E-state index is 13.4. The van der Waals surface area contributed by atoms with Crippen LogP contribution in [0.5, 0.6) is 0 Å². The Balaban J connectivity index is 1.28. The highest BCUT2D eigenvalue weighted by Gasteiger charge is 2.35. The number of carbonyl (C=O) groups is 2. The molecule has 0 bridgehead atoms. The first-order chi connectivity index (χ1) is 16.9. The topological polar surface area (TPSA) is 43.9 Å². The summed E-state index contributed by atoms with van der Waals surface area (Å²) in [7, 11) is 0. The number of benzene rings is 2. The Hall–Kier alpha value is -3.03. The van der Waals surface area contributed by atoms with E-state index in [0.717, 1.165) is 13.0 Å². The summed E-state index contributed by atoms with van der Waals surface area (Å²) in [6.45, 7) is 6.77. The molecule has 2 aliphatic heterocycles. The fourth-order valence-electron chi connectivity index (χ4n) is 5.31. The molecule has 0 spiro atoms. The van der Waals surface area contributed by atoms with Crippen LogP contribution >= 0.6 is 11.3 Å². The molecule has 2 amide bonds. The number of carbonyl (C=O) groups excluding carboxylic acids is 2. The van der Waals surface area contributed by atoms with Crippen LogP contribution in [0.1, 0.15) is 44.9 Å². The average molecular weight is 492 g/mol. The van der Waals surface area contributed by atoms with Crippen LogP contribution in [0.4, 0.5) is 4.39 Å². The van der Waals surface area contributed by atoms with Gasteiger partial charge in [-0.3, -0.25) is 14.5 Å². The van der Waals surface area contributed by atoms with Crippen LogP contribution in [0.3, 0.4) is 0 Å². The van der Waals surface area contributed by atoms with Crippen molar-refractivity contribution in [1.82, 2.24) is 14.7 Å². The summed E-state index contributed by atoms with van der Waals surface area (Å²) in [6, 6.07) is 16.3. The maximum Gasteiger partial charge on any atom is 0.254 e. The molecule has 3 aromatic rings. The molecule has 182 valence electrons. The molecule has 1 saturated heterocycles. The number of amides is 2. The first-order valence-corrected chi connectivity index (χ1v) is 13.0. The van der Waals surface area contributed by atoms with Crippen molar-refractivity contribution in [2.45, 2.75) is 32.4 Å². The van der Waals surface area contributed by atoms with Crippen molar-refractivity contribution in [2.24, 2.45) is 0 Å². The number of nitrogens with zero attached hydrogens (tertiary/aromatic N) is 3. The van der Waals surface area contributed by atoms with Gasteiger partial charge in [0.1, 0.15) is 5.82 Å². The van der Waals surface area contributed by atoms with Crippen molar-refractivity contribution < 1.29 is 14.0 Å². The first-order valence-electron chi connectivity index (χ1n) is 12.1. The van der Waals surface area contributed by atoms with Gasteiger partial charge in [0.25, 0.3) is 5.91 Å². The standard InChI is InChI=1S/C28H30FN3O2S/c1-19-5-3-4-6-23(19)27-24-12-16-35-25(24)11-13-31(27)18-26(33)30-14-15-32(20(2)17-30)28(34)21-7-9-22(29)10-8-21/h3-10,12,16,20,27H,11,13-15,17-18H2,1-2H3/t20-,27+/m1/s1. The Morgan fingerprint density at radius 3 is 2.51 bits per heavy atom. The van der Waals surface area contributed by atoms with Gasteiger partial charge in [-0.1, -0.05) is 24.3 Å². The lowest BCUT2D eigenvalue weighted by molar-refractivity contribution is -0.135. The molecule has 1 aromatic heterocycles. The zero-order valence-corrected chi connectivity index (χ0v) is 20.9. The monoisotopic (exact) mass is 491 g/mol. The first kappa shape index (κ1) is 23.7. The van der Waals surface area contributed by atoms with Crippen molar-refractivity contribution >= 4 is 23.2 Å². The lowest BCUT2D eigenvalue weighted by Crippen LogP contribution is -2.57. The molecule has 2 aromatic carbocycles. The fourth-order valence-corrected chi connectivity index (χ4v) is 6.22. The second kappa shape index (κ2) is 9.91. The summed E-state index contributed by atoms with van der Waals surface area (Å²) in [5.74, 6) is -0.380. The fraction of sp³-hybridized carbons (Fsp3) is 0.357. The molecule has 5 rings (SSSR count). The average Bonchev–Trinajstić information content (AvgIpc) is 3.33. The van der Waals surface area contributed by atoms with E-state index in [-0.39, 0.29) is 29.7 Å². The third kappa shape index (κ3) is 4.75. The van der Waals surface area contributed by atoms with E-state index in [4.69, 9.17) is 0 Å². The van der Waals surface area contributed by atoms with Crippen LogP contribution in [0.25, 0.3) is 0 Å². The summed E-state index contributed by atoms with van der Waals surface area (Å²) in [4.78, 5) is 33.8. The van der Waals surface area contributed by atoms with Gasteiger partial charge in [0.2, 0.25) is 5.91 Å². The summed E-state index contributed by atoms with van der Waals surface area (Å²) in [6.07, 6.45) is 0.957. The lowest BCUT2D eigenvalue weighted by Gasteiger charge is -2.42. The van der Waals surface area contributed by atoms with Gasteiger partial charge in [0.05, 0.1) is 12.6 Å². The van der Waals surface area contributed by atoms with Crippen molar-refractivity contribution in [3.8, 4) is 0 Å². The van der Waals surface area contributed by atoms with E-state index < -0.39 is 0 Å². The molecule has 0 N–H and O–H groups in total. The maximum atomic E-state index is 13.4. The van der Waals surface area contributed by atoms with E-state index >= 15 is 0 Å². The van der Waals surface area contributed by atoms with Crippen LogP contribution in [0.15, 0.2) is 60.0 Å². The summed E-state index contributed by atoms with van der Waals surface area (Å²) >= 11 is 1.80. The highest BCUT2D eigenvalue weighted by molar-refractivity contribution is 7.10. The minimum Gasteiger partial charge on any atom is -0.338 e. The van der Waals surface area contributed by atoms with E-state index in [1.807, 2.05) is 11.8 Å². The molecule has 2 aliphatic rings. The van der Waals surface area contributed by atoms with Gasteiger partial charge in [-0.2, -0.15) is 0 Å². The van der Waals surface area contributed by atoms with Crippen LogP contribution in [0, 0.1) is 12.7 Å². The predicted octanol–water partition coefficient (Wildman–Crippen LogP) is 4.52. The Kier molecular flexibility index (Phi) is 6.71. The minimum atomic E-state index is -0.360. The zero-order valence-electron chi connectivity index (χ0n) is 20.1. The van der Waals surface area contributed by atoms with Crippen LogP contribution in [0.2, 0.25) is 0 Å². The normalized spacial score (nSPS) is 20.5. The van der Waals surface area contributed by atoms with Gasteiger partial charge >= 0.3 is 0 Å². The lowest BCUT2D eigenvalue weighted by atomic mass is 9.90. The van der Waals surface area contributed by atoms with Gasteiger partial charge in [0, 0.05) is 42.7 Å². The van der Waals surface area contributed by atoms with E-state index in [1.165, 1.54) is 45.8 Å². The molecule has 2 atom stereocenters. The van der Waals surface area contributed by atoms with Crippen molar-refractivity contribution in [2.75, 3.05) is 32.7 Å². The Bertz CT molecular complexity index is 1220. The molecule has 1 fully saturated rings. The number of rotatable bonds is 4. The molecule has 3 heterocycles. The third-order valence-corrected chi connectivity index (χ3v) is 8.22. The van der Waals surface area contributed by atoms with E-state index in [0.29, 0.717) is 31.7 Å². The number of halogens is 1. The summed E-state index contributed by atoms with van der Waals surface area (Å²) in [5.41, 5.74) is 4.27. The number of fused-ring (bicyclic) bond motifs is 1. The molecule has 35 heavy (non-hydrogen) atoms. The quantitative estimate of drug-likeness (QED) is 0.539. The zero-order chi connectivity index (χ0) is 24.5. The number of piperazine rings is 1. The minimum absolute atomic E-state index is 0.0777. The smallest absolute Gasteiger partial charge is 0.254 e. The molecule has 0 aliphatic carbocycles. The van der Waals surface area contributed by atoms with Crippen LogP contribution in [-0.2, 0) is 11.2 Å². The number of hydrogen-bond donors (Lipinski definition) is 0. The van der Waals surface area contributed by atoms with Crippen molar-refractivity contribution in [3.05, 3.63) is 92.9 Å². The second-order valence-corrected chi connectivity index (χ2v) is 10.5. The van der Waals surface area contributed by atoms with Gasteiger partial charge in [-0.05, 0) is 72.7 Å². The number of thiophene rings is 1. The Labute approximate surface area is 209 Å². The van der Waals surface area contributed by atoms with Gasteiger partial charge in [0.15, 0.2) is 0 Å². The predicted molar refractivity (Wildman–Crippen MR) is 136 cm³/mol.